The second-order valence-corrected chi connectivity index (χ2v) is 3.24. The van der Waals surface area contributed by atoms with Gasteiger partial charge in [-0.3, -0.25) is 0 Å². The zero-order valence-electron chi connectivity index (χ0n) is 4.18. The molecule has 0 aromatic heterocycles. The first-order valence-electron chi connectivity index (χ1n) is 2.58. The van der Waals surface area contributed by atoms with Crippen LogP contribution < -0.4 is 5.09 Å². The largest absolute Gasteiger partial charge is 0.432 e. The van der Waals surface area contributed by atoms with Crippen LogP contribution in [-0.2, 0) is 4.57 Å². The van der Waals surface area contributed by atoms with E-state index < -0.39 is 7.95 Å². The van der Waals surface area contributed by atoms with Gasteiger partial charge in [-0.1, -0.05) is 4.57 Å². The van der Waals surface area contributed by atoms with Crippen molar-refractivity contribution in [2.24, 2.45) is 0 Å². The summed E-state index contributed by atoms with van der Waals surface area (Å²) in [6.45, 7) is 0.954. The van der Waals surface area contributed by atoms with Crippen molar-refractivity contribution < 1.29 is 4.57 Å². The van der Waals surface area contributed by atoms with Crippen molar-refractivity contribution in [3.8, 4) is 0 Å². The van der Waals surface area contributed by atoms with Crippen LogP contribution in [0.25, 0.3) is 0 Å². The van der Waals surface area contributed by atoms with E-state index in [-0.39, 0.29) is 0 Å². The average molecular weight is 118 g/mol. The van der Waals surface area contributed by atoms with Gasteiger partial charge in [0.25, 0.3) is 0 Å². The first-order chi connectivity index (χ1) is 3.39. The zero-order chi connectivity index (χ0) is 5.11. The fraction of sp³-hybridized carbons (Fsp3) is 1.00. The summed E-state index contributed by atoms with van der Waals surface area (Å²) in [6.07, 6.45) is 3.22. The van der Waals surface area contributed by atoms with Crippen LogP contribution in [0.3, 0.4) is 0 Å². The smallest absolute Gasteiger partial charge is 0.109 e. The Bertz CT molecular complexity index is 75.8. The van der Waals surface area contributed by atoms with Crippen molar-refractivity contribution in [1.29, 1.82) is 0 Å². The number of hydrogen-bond donors (Lipinski definition) is 1. The Morgan fingerprint density at radius 3 is 2.57 bits per heavy atom. The van der Waals surface area contributed by atoms with Gasteiger partial charge in [0.05, 0.1) is 0 Å². The molecule has 40 valence electrons. The van der Waals surface area contributed by atoms with Crippen molar-refractivity contribution in [2.45, 2.75) is 12.8 Å². The predicted molar refractivity (Wildman–Crippen MR) is 29.7 cm³/mol. The van der Waals surface area contributed by atoms with Gasteiger partial charge < -0.3 is 0 Å². The van der Waals surface area contributed by atoms with Crippen molar-refractivity contribution in [2.75, 3.05) is 12.7 Å². The summed E-state index contributed by atoms with van der Waals surface area (Å²) in [6, 6.07) is 0. The SMILES string of the molecule is O=[P+]1CCCCN1. The number of rotatable bonds is 0. The van der Waals surface area contributed by atoms with E-state index in [0.717, 1.165) is 19.1 Å². The van der Waals surface area contributed by atoms with Crippen molar-refractivity contribution in [3.05, 3.63) is 0 Å². The molecule has 1 rings (SSSR count). The Morgan fingerprint density at radius 2 is 2.29 bits per heavy atom. The van der Waals surface area contributed by atoms with Gasteiger partial charge in [0, 0.05) is 6.54 Å². The van der Waals surface area contributed by atoms with E-state index >= 15 is 0 Å². The molecule has 1 aliphatic rings. The highest BCUT2D eigenvalue weighted by Gasteiger charge is 2.17. The quantitative estimate of drug-likeness (QED) is 0.483. The Morgan fingerprint density at radius 1 is 1.43 bits per heavy atom. The van der Waals surface area contributed by atoms with Crippen LogP contribution in [0, 0.1) is 0 Å². The highest BCUT2D eigenvalue weighted by atomic mass is 31.1. The fourth-order valence-corrected chi connectivity index (χ4v) is 1.74. The van der Waals surface area contributed by atoms with Crippen LogP contribution in [0.2, 0.25) is 0 Å². The highest BCUT2D eigenvalue weighted by Crippen LogP contribution is 2.20. The van der Waals surface area contributed by atoms with Crippen molar-refractivity contribution >= 4 is 7.95 Å². The molecule has 3 heteroatoms. The van der Waals surface area contributed by atoms with E-state index in [0.29, 0.717) is 0 Å². The normalized spacial score (nSPS) is 27.7. The molecule has 1 unspecified atom stereocenters. The molecule has 0 bridgehead atoms. The van der Waals surface area contributed by atoms with E-state index in [9.17, 15) is 4.57 Å². The molecule has 0 aliphatic carbocycles. The Labute approximate surface area is 44.1 Å². The van der Waals surface area contributed by atoms with E-state index in [1.54, 1.807) is 0 Å². The molecule has 0 spiro atoms. The Kier molecular flexibility index (Phi) is 1.77. The third-order valence-corrected chi connectivity index (χ3v) is 2.37. The molecule has 0 saturated carbocycles. The van der Waals surface area contributed by atoms with Gasteiger partial charge in [-0.15, -0.1) is 5.09 Å². The minimum absolute atomic E-state index is 0.884. The highest BCUT2D eigenvalue weighted by molar-refractivity contribution is 7.42. The molecule has 0 radical (unpaired) electrons. The van der Waals surface area contributed by atoms with Gasteiger partial charge in [0.1, 0.15) is 0 Å². The molecule has 0 aromatic carbocycles. The summed E-state index contributed by atoms with van der Waals surface area (Å²) >= 11 is 0. The lowest BCUT2D eigenvalue weighted by Gasteiger charge is -1.97. The van der Waals surface area contributed by atoms with Crippen LogP contribution >= 0.6 is 7.95 Å². The van der Waals surface area contributed by atoms with Gasteiger partial charge in [-0.05, 0) is 12.8 Å². The molecule has 7 heavy (non-hydrogen) atoms. The standard InChI is InChI=1S/C4H9NOP/c6-7-4-2-1-3-5-7/h1-4H2,(H,5,6)/q+1. The summed E-state index contributed by atoms with van der Waals surface area (Å²) < 4.78 is 10.5. The van der Waals surface area contributed by atoms with Crippen LogP contribution in [0.4, 0.5) is 0 Å². The lowest BCUT2D eigenvalue weighted by Crippen LogP contribution is -2.12. The summed E-state index contributed by atoms with van der Waals surface area (Å²) in [5.74, 6) is 0. The number of nitrogens with one attached hydrogen (secondary N) is 1. The third kappa shape index (κ3) is 1.54. The molecule has 0 amide bonds. The molecule has 1 fully saturated rings. The van der Waals surface area contributed by atoms with E-state index in [4.69, 9.17) is 0 Å². The maximum atomic E-state index is 10.5. The molecule has 1 saturated heterocycles. The first-order valence-corrected chi connectivity index (χ1v) is 4.02. The average Bonchev–Trinajstić information content (AvgIpc) is 1.69. The van der Waals surface area contributed by atoms with Crippen LogP contribution in [-0.4, -0.2) is 12.7 Å². The van der Waals surface area contributed by atoms with E-state index in [1.807, 2.05) is 0 Å². The molecule has 2 nitrogen and oxygen atoms in total. The van der Waals surface area contributed by atoms with Crippen molar-refractivity contribution in [3.63, 3.8) is 0 Å². The topological polar surface area (TPSA) is 29.1 Å². The van der Waals surface area contributed by atoms with Gasteiger partial charge in [0.2, 0.25) is 0 Å². The Balaban J connectivity index is 2.25. The lowest BCUT2D eigenvalue weighted by molar-refractivity contribution is 0.565. The summed E-state index contributed by atoms with van der Waals surface area (Å²) in [5.41, 5.74) is 0. The molecule has 0 aromatic rings. The van der Waals surface area contributed by atoms with Crippen molar-refractivity contribution in [1.82, 2.24) is 5.09 Å². The van der Waals surface area contributed by atoms with Gasteiger partial charge in [-0.2, -0.15) is 0 Å². The monoisotopic (exact) mass is 118 g/mol. The van der Waals surface area contributed by atoms with Crippen LogP contribution in [0.5, 0.6) is 0 Å². The fourth-order valence-electron chi connectivity index (χ4n) is 0.663. The van der Waals surface area contributed by atoms with Crippen LogP contribution in [0.15, 0.2) is 0 Å². The second kappa shape index (κ2) is 2.39. The molecule has 1 heterocycles. The summed E-state index contributed by atoms with van der Waals surface area (Å²) in [4.78, 5) is 0. The predicted octanol–water partition coefficient (Wildman–Crippen LogP) is 1.11. The minimum Gasteiger partial charge on any atom is -0.109 e. The molecular formula is C4H9NOP+. The van der Waals surface area contributed by atoms with E-state index in [2.05, 4.69) is 5.09 Å². The molecule has 1 N–H and O–H groups in total. The van der Waals surface area contributed by atoms with Gasteiger partial charge >= 0.3 is 7.95 Å². The second-order valence-electron chi connectivity index (χ2n) is 1.72. The maximum Gasteiger partial charge on any atom is 0.432 e. The van der Waals surface area contributed by atoms with Gasteiger partial charge in [-0.25, -0.2) is 0 Å². The molecular weight excluding hydrogens is 109 g/mol. The number of hydrogen-bond acceptors (Lipinski definition) is 1. The lowest BCUT2D eigenvalue weighted by atomic mass is 10.3. The summed E-state index contributed by atoms with van der Waals surface area (Å²) in [5, 5.41) is 2.89. The van der Waals surface area contributed by atoms with Gasteiger partial charge in [0.15, 0.2) is 6.16 Å². The molecule has 1 aliphatic heterocycles. The third-order valence-electron chi connectivity index (χ3n) is 1.08. The summed E-state index contributed by atoms with van der Waals surface area (Å²) in [7, 11) is -0.992. The van der Waals surface area contributed by atoms with Crippen LogP contribution in [0.1, 0.15) is 12.8 Å². The maximum absolute atomic E-state index is 10.5. The first kappa shape index (κ1) is 5.20. The van der Waals surface area contributed by atoms with E-state index in [1.165, 1.54) is 6.42 Å². The zero-order valence-corrected chi connectivity index (χ0v) is 5.08. The Hall–Kier alpha value is 0.0600. The molecule has 1 atom stereocenters. The minimum atomic E-state index is -0.992.